The maximum atomic E-state index is 11.4. The van der Waals surface area contributed by atoms with E-state index in [1.54, 1.807) is 0 Å². The van der Waals surface area contributed by atoms with E-state index < -0.39 is 11.4 Å². The molecule has 0 bridgehead atoms. The second-order valence-electron chi connectivity index (χ2n) is 4.93. The van der Waals surface area contributed by atoms with Crippen LogP contribution in [-0.2, 0) is 4.79 Å². The average molecular weight is 233 g/mol. The molecule has 1 aliphatic rings. The molecule has 1 heterocycles. The molecule has 0 unspecified atom stereocenters. The summed E-state index contributed by atoms with van der Waals surface area (Å²) in [7, 11) is 0. The highest BCUT2D eigenvalue weighted by molar-refractivity contribution is 5.77. The third-order valence-electron chi connectivity index (χ3n) is 3.92. The van der Waals surface area contributed by atoms with Gasteiger partial charge in [-0.1, -0.05) is 19.1 Å². The van der Waals surface area contributed by atoms with Gasteiger partial charge in [0, 0.05) is 11.4 Å². The molecule has 3 heteroatoms. The highest BCUT2D eigenvalue weighted by Crippen LogP contribution is 2.42. The van der Waals surface area contributed by atoms with Crippen LogP contribution in [-0.4, -0.2) is 15.6 Å². The van der Waals surface area contributed by atoms with E-state index in [4.69, 9.17) is 0 Å². The fourth-order valence-corrected chi connectivity index (χ4v) is 2.76. The molecule has 0 radical (unpaired) electrons. The molecule has 0 saturated carbocycles. The van der Waals surface area contributed by atoms with Crippen molar-refractivity contribution < 1.29 is 9.90 Å². The number of aliphatic carboxylic acids is 1. The molecule has 1 aliphatic carbocycles. The minimum atomic E-state index is -0.707. The predicted octanol–water partition coefficient (Wildman–Crippen LogP) is 3.09. The molecular formula is C14H19NO2. The van der Waals surface area contributed by atoms with Crippen molar-refractivity contribution in [2.24, 2.45) is 5.41 Å². The van der Waals surface area contributed by atoms with E-state index in [9.17, 15) is 9.90 Å². The van der Waals surface area contributed by atoms with Gasteiger partial charge in [0.15, 0.2) is 0 Å². The van der Waals surface area contributed by atoms with Crippen LogP contribution in [0, 0.1) is 19.3 Å². The third-order valence-corrected chi connectivity index (χ3v) is 3.92. The van der Waals surface area contributed by atoms with Crippen molar-refractivity contribution in [3.63, 3.8) is 0 Å². The Labute approximate surface area is 102 Å². The molecule has 0 aromatic carbocycles. The molecule has 2 atom stereocenters. The van der Waals surface area contributed by atoms with E-state index in [1.807, 2.05) is 19.1 Å². The Morgan fingerprint density at radius 3 is 2.47 bits per heavy atom. The lowest BCUT2D eigenvalue weighted by molar-refractivity contribution is -0.146. The number of carboxylic acid groups (broad SMARTS) is 1. The second kappa shape index (κ2) is 4.06. The zero-order valence-electron chi connectivity index (χ0n) is 10.6. The fourth-order valence-electron chi connectivity index (χ4n) is 2.76. The highest BCUT2D eigenvalue weighted by atomic mass is 16.4. The van der Waals surface area contributed by atoms with Gasteiger partial charge in [-0.05, 0) is 38.8 Å². The van der Waals surface area contributed by atoms with Crippen molar-refractivity contribution in [2.45, 2.75) is 39.7 Å². The SMILES string of the molecule is CC[C@]1(C(=O)O)C=C[C@@H](n2c(C)ccc2C)C1. The largest absolute Gasteiger partial charge is 0.481 e. The van der Waals surface area contributed by atoms with Crippen molar-refractivity contribution >= 4 is 5.97 Å². The van der Waals surface area contributed by atoms with Crippen molar-refractivity contribution in [3.8, 4) is 0 Å². The lowest BCUT2D eigenvalue weighted by Gasteiger charge is -2.24. The first-order chi connectivity index (χ1) is 8.00. The summed E-state index contributed by atoms with van der Waals surface area (Å²) >= 11 is 0. The fraction of sp³-hybridized carbons (Fsp3) is 0.500. The molecule has 0 spiro atoms. The van der Waals surface area contributed by atoms with Gasteiger partial charge in [-0.3, -0.25) is 4.79 Å². The summed E-state index contributed by atoms with van der Waals surface area (Å²) < 4.78 is 2.22. The van der Waals surface area contributed by atoms with Crippen LogP contribution in [0.2, 0.25) is 0 Å². The molecule has 1 aromatic rings. The monoisotopic (exact) mass is 233 g/mol. The summed E-state index contributed by atoms with van der Waals surface area (Å²) in [5, 5.41) is 9.36. The van der Waals surface area contributed by atoms with E-state index in [1.165, 1.54) is 11.4 Å². The van der Waals surface area contributed by atoms with Gasteiger partial charge in [0.1, 0.15) is 0 Å². The van der Waals surface area contributed by atoms with Crippen LogP contribution in [0.3, 0.4) is 0 Å². The highest BCUT2D eigenvalue weighted by Gasteiger charge is 2.40. The number of hydrogen-bond donors (Lipinski definition) is 1. The van der Waals surface area contributed by atoms with E-state index >= 15 is 0 Å². The van der Waals surface area contributed by atoms with Gasteiger partial charge in [-0.25, -0.2) is 0 Å². The van der Waals surface area contributed by atoms with Crippen LogP contribution in [0.4, 0.5) is 0 Å². The van der Waals surface area contributed by atoms with Crippen LogP contribution in [0.25, 0.3) is 0 Å². The normalized spacial score (nSPS) is 27.6. The van der Waals surface area contributed by atoms with Gasteiger partial charge in [-0.15, -0.1) is 0 Å². The van der Waals surface area contributed by atoms with Gasteiger partial charge in [0.05, 0.1) is 11.5 Å². The Bertz CT molecular complexity index is 453. The van der Waals surface area contributed by atoms with Gasteiger partial charge in [0.2, 0.25) is 0 Å². The molecule has 92 valence electrons. The first kappa shape index (κ1) is 12.0. The standard InChI is InChI=1S/C14H19NO2/c1-4-14(13(16)17)8-7-12(9-14)15-10(2)5-6-11(15)3/h5-8,12H,4,9H2,1-3H3,(H,16,17)/t12-,14+/m1/s1. The van der Waals surface area contributed by atoms with Crippen LogP contribution in [0.15, 0.2) is 24.3 Å². The lowest BCUT2D eigenvalue weighted by atomic mass is 9.84. The quantitative estimate of drug-likeness (QED) is 0.815. The van der Waals surface area contributed by atoms with Gasteiger partial charge in [-0.2, -0.15) is 0 Å². The number of allylic oxidation sites excluding steroid dienone is 1. The molecule has 3 nitrogen and oxygen atoms in total. The first-order valence-electron chi connectivity index (χ1n) is 6.07. The first-order valence-corrected chi connectivity index (χ1v) is 6.07. The zero-order valence-corrected chi connectivity index (χ0v) is 10.6. The van der Waals surface area contributed by atoms with Crippen LogP contribution >= 0.6 is 0 Å². The van der Waals surface area contributed by atoms with E-state index in [0.717, 1.165) is 0 Å². The molecule has 2 rings (SSSR count). The average Bonchev–Trinajstić information content (AvgIpc) is 2.84. The Balaban J connectivity index is 2.31. The topological polar surface area (TPSA) is 42.2 Å². The zero-order chi connectivity index (χ0) is 12.6. The molecule has 0 amide bonds. The Morgan fingerprint density at radius 1 is 1.47 bits per heavy atom. The molecular weight excluding hydrogens is 214 g/mol. The number of carbonyl (C=O) groups is 1. The van der Waals surface area contributed by atoms with Crippen LogP contribution in [0.1, 0.15) is 37.2 Å². The number of nitrogens with zero attached hydrogens (tertiary/aromatic N) is 1. The number of rotatable bonds is 3. The number of carboxylic acids is 1. The minimum Gasteiger partial charge on any atom is -0.481 e. The van der Waals surface area contributed by atoms with Gasteiger partial charge in [0.25, 0.3) is 0 Å². The van der Waals surface area contributed by atoms with Crippen molar-refractivity contribution in [3.05, 3.63) is 35.7 Å². The number of hydrogen-bond acceptors (Lipinski definition) is 1. The maximum Gasteiger partial charge on any atom is 0.313 e. The van der Waals surface area contributed by atoms with E-state index in [-0.39, 0.29) is 6.04 Å². The van der Waals surface area contributed by atoms with Gasteiger partial charge >= 0.3 is 5.97 Å². The summed E-state index contributed by atoms with van der Waals surface area (Å²) in [5.74, 6) is -0.707. The number of aryl methyl sites for hydroxylation is 2. The minimum absolute atomic E-state index is 0.182. The van der Waals surface area contributed by atoms with Gasteiger partial charge < -0.3 is 9.67 Å². The summed E-state index contributed by atoms with van der Waals surface area (Å²) in [4.78, 5) is 11.4. The van der Waals surface area contributed by atoms with Crippen LogP contribution < -0.4 is 0 Å². The lowest BCUT2D eigenvalue weighted by Crippen LogP contribution is -2.27. The van der Waals surface area contributed by atoms with Crippen molar-refractivity contribution in [1.29, 1.82) is 0 Å². The summed E-state index contributed by atoms with van der Waals surface area (Å²) in [6.07, 6.45) is 5.22. The molecule has 17 heavy (non-hydrogen) atoms. The molecule has 1 N–H and O–H groups in total. The molecule has 0 aliphatic heterocycles. The van der Waals surface area contributed by atoms with Crippen molar-refractivity contribution in [2.75, 3.05) is 0 Å². The Kier molecular flexibility index (Phi) is 2.86. The summed E-state index contributed by atoms with van der Waals surface area (Å²) in [6.45, 7) is 6.07. The Morgan fingerprint density at radius 2 is 2.06 bits per heavy atom. The van der Waals surface area contributed by atoms with Crippen LogP contribution in [0.5, 0.6) is 0 Å². The summed E-state index contributed by atoms with van der Waals surface area (Å²) in [6, 6.07) is 4.34. The maximum absolute atomic E-state index is 11.4. The molecule has 0 saturated heterocycles. The third kappa shape index (κ3) is 1.79. The second-order valence-corrected chi connectivity index (χ2v) is 4.93. The Hall–Kier alpha value is -1.51. The predicted molar refractivity (Wildman–Crippen MR) is 67.1 cm³/mol. The van der Waals surface area contributed by atoms with E-state index in [0.29, 0.717) is 12.8 Å². The van der Waals surface area contributed by atoms with E-state index in [2.05, 4.69) is 30.5 Å². The number of aromatic nitrogens is 1. The molecule has 0 fully saturated rings. The van der Waals surface area contributed by atoms with Crippen molar-refractivity contribution in [1.82, 2.24) is 4.57 Å². The molecule has 1 aromatic heterocycles. The summed E-state index contributed by atoms with van der Waals surface area (Å²) in [5.41, 5.74) is 1.71. The smallest absolute Gasteiger partial charge is 0.313 e.